The largest absolute Gasteiger partial charge is 0.381 e. The molecule has 0 radical (unpaired) electrons. The molecule has 0 atom stereocenters. The van der Waals surface area contributed by atoms with E-state index in [0.717, 1.165) is 26.2 Å². The van der Waals surface area contributed by atoms with E-state index in [2.05, 4.69) is 13.8 Å². The van der Waals surface area contributed by atoms with Crippen LogP contribution in [0, 0.1) is 11.3 Å². The number of nitrogens with two attached hydrogens (primary N) is 1. The van der Waals surface area contributed by atoms with E-state index in [1.54, 1.807) is 0 Å². The van der Waals surface area contributed by atoms with E-state index in [-0.39, 0.29) is 0 Å². The van der Waals surface area contributed by atoms with E-state index in [9.17, 15) is 0 Å². The SMILES string of the molecule is CC(C)COCCC1(CN)CCCCC1. The zero-order valence-corrected chi connectivity index (χ0v) is 10.4. The first kappa shape index (κ1) is 13.0. The molecule has 0 aromatic rings. The van der Waals surface area contributed by atoms with Crippen LogP contribution >= 0.6 is 0 Å². The predicted molar refractivity (Wildman–Crippen MR) is 64.8 cm³/mol. The summed E-state index contributed by atoms with van der Waals surface area (Å²) in [6, 6.07) is 0. The quantitative estimate of drug-likeness (QED) is 0.688. The van der Waals surface area contributed by atoms with Crippen molar-refractivity contribution in [3.63, 3.8) is 0 Å². The maximum atomic E-state index is 5.92. The standard InChI is InChI=1S/C13H27NO/c1-12(2)10-15-9-8-13(11-14)6-4-3-5-7-13/h12H,3-11,14H2,1-2H3. The lowest BCUT2D eigenvalue weighted by Crippen LogP contribution is -2.34. The van der Waals surface area contributed by atoms with E-state index >= 15 is 0 Å². The smallest absolute Gasteiger partial charge is 0.0488 e. The fraction of sp³-hybridized carbons (Fsp3) is 1.00. The fourth-order valence-electron chi connectivity index (χ4n) is 2.47. The van der Waals surface area contributed by atoms with E-state index in [1.165, 1.54) is 32.1 Å². The molecule has 0 heterocycles. The fourth-order valence-corrected chi connectivity index (χ4v) is 2.47. The van der Waals surface area contributed by atoms with Gasteiger partial charge in [-0.15, -0.1) is 0 Å². The molecule has 90 valence electrons. The van der Waals surface area contributed by atoms with Gasteiger partial charge in [0, 0.05) is 13.2 Å². The second kappa shape index (κ2) is 6.49. The van der Waals surface area contributed by atoms with E-state index in [1.807, 2.05) is 0 Å². The van der Waals surface area contributed by atoms with Crippen LogP contribution in [-0.4, -0.2) is 19.8 Å². The third kappa shape index (κ3) is 4.52. The number of hydrogen-bond donors (Lipinski definition) is 1. The molecule has 1 aliphatic rings. The van der Waals surface area contributed by atoms with Gasteiger partial charge in [0.05, 0.1) is 0 Å². The summed E-state index contributed by atoms with van der Waals surface area (Å²) < 4.78 is 5.67. The summed E-state index contributed by atoms with van der Waals surface area (Å²) in [7, 11) is 0. The zero-order valence-electron chi connectivity index (χ0n) is 10.4. The van der Waals surface area contributed by atoms with Crippen LogP contribution in [0.1, 0.15) is 52.4 Å². The van der Waals surface area contributed by atoms with Gasteiger partial charge in [-0.3, -0.25) is 0 Å². The Kier molecular flexibility index (Phi) is 5.62. The molecule has 0 amide bonds. The van der Waals surface area contributed by atoms with Gasteiger partial charge in [0.2, 0.25) is 0 Å². The molecular formula is C13H27NO. The Morgan fingerprint density at radius 1 is 1.20 bits per heavy atom. The van der Waals surface area contributed by atoms with Gasteiger partial charge in [-0.2, -0.15) is 0 Å². The van der Waals surface area contributed by atoms with Crippen LogP contribution in [0.15, 0.2) is 0 Å². The Balaban J connectivity index is 2.20. The molecule has 0 aromatic heterocycles. The lowest BCUT2D eigenvalue weighted by molar-refractivity contribution is 0.0640. The summed E-state index contributed by atoms with van der Waals surface area (Å²) in [4.78, 5) is 0. The molecule has 1 fully saturated rings. The molecular weight excluding hydrogens is 186 g/mol. The van der Waals surface area contributed by atoms with Crippen molar-refractivity contribution in [3.8, 4) is 0 Å². The van der Waals surface area contributed by atoms with Gasteiger partial charge in [-0.25, -0.2) is 0 Å². The van der Waals surface area contributed by atoms with Crippen molar-refractivity contribution < 1.29 is 4.74 Å². The molecule has 0 saturated heterocycles. The summed E-state index contributed by atoms with van der Waals surface area (Å²) in [5.41, 5.74) is 6.34. The third-order valence-corrected chi connectivity index (χ3v) is 3.58. The molecule has 2 heteroatoms. The van der Waals surface area contributed by atoms with Crippen LogP contribution in [0.5, 0.6) is 0 Å². The minimum absolute atomic E-state index is 0.412. The highest BCUT2D eigenvalue weighted by atomic mass is 16.5. The van der Waals surface area contributed by atoms with Gasteiger partial charge in [0.1, 0.15) is 0 Å². The monoisotopic (exact) mass is 213 g/mol. The summed E-state index contributed by atoms with van der Waals surface area (Å²) in [5.74, 6) is 0.644. The third-order valence-electron chi connectivity index (χ3n) is 3.58. The van der Waals surface area contributed by atoms with Crippen LogP contribution in [-0.2, 0) is 4.74 Å². The Hall–Kier alpha value is -0.0800. The first-order valence-corrected chi connectivity index (χ1v) is 6.46. The molecule has 0 unspecified atom stereocenters. The van der Waals surface area contributed by atoms with E-state index in [0.29, 0.717) is 11.3 Å². The molecule has 2 nitrogen and oxygen atoms in total. The van der Waals surface area contributed by atoms with Crippen LogP contribution in [0.4, 0.5) is 0 Å². The molecule has 1 rings (SSSR count). The zero-order chi connectivity index (χ0) is 11.1. The first-order valence-electron chi connectivity index (χ1n) is 6.46. The van der Waals surface area contributed by atoms with Crippen LogP contribution < -0.4 is 5.73 Å². The highest BCUT2D eigenvalue weighted by Gasteiger charge is 2.29. The lowest BCUT2D eigenvalue weighted by Gasteiger charge is -2.36. The molecule has 15 heavy (non-hydrogen) atoms. The molecule has 0 aromatic carbocycles. The van der Waals surface area contributed by atoms with Crippen molar-refractivity contribution in [3.05, 3.63) is 0 Å². The second-order valence-electron chi connectivity index (χ2n) is 5.48. The number of rotatable bonds is 6. The molecule has 2 N–H and O–H groups in total. The van der Waals surface area contributed by atoms with Gasteiger partial charge in [-0.1, -0.05) is 33.1 Å². The van der Waals surface area contributed by atoms with Gasteiger partial charge in [0.25, 0.3) is 0 Å². The van der Waals surface area contributed by atoms with E-state index in [4.69, 9.17) is 10.5 Å². The van der Waals surface area contributed by atoms with Gasteiger partial charge in [-0.05, 0) is 37.1 Å². The molecule has 0 spiro atoms. The van der Waals surface area contributed by atoms with Crippen molar-refractivity contribution in [2.75, 3.05) is 19.8 Å². The maximum Gasteiger partial charge on any atom is 0.0488 e. The molecule has 0 bridgehead atoms. The van der Waals surface area contributed by atoms with Gasteiger partial charge in [0.15, 0.2) is 0 Å². The summed E-state index contributed by atoms with van der Waals surface area (Å²) >= 11 is 0. The Bertz CT molecular complexity index is 162. The molecule has 1 aliphatic carbocycles. The van der Waals surface area contributed by atoms with Crippen molar-refractivity contribution in [1.29, 1.82) is 0 Å². The normalized spacial score (nSPS) is 20.8. The van der Waals surface area contributed by atoms with Crippen molar-refractivity contribution in [1.82, 2.24) is 0 Å². The first-order chi connectivity index (χ1) is 7.18. The number of ether oxygens (including phenoxy) is 1. The Morgan fingerprint density at radius 2 is 1.87 bits per heavy atom. The predicted octanol–water partition coefficient (Wildman–Crippen LogP) is 2.96. The maximum absolute atomic E-state index is 5.92. The lowest BCUT2D eigenvalue weighted by atomic mass is 9.72. The van der Waals surface area contributed by atoms with Crippen molar-refractivity contribution >= 4 is 0 Å². The number of hydrogen-bond acceptors (Lipinski definition) is 2. The highest BCUT2D eigenvalue weighted by Crippen LogP contribution is 2.38. The van der Waals surface area contributed by atoms with Crippen LogP contribution in [0.25, 0.3) is 0 Å². The summed E-state index contributed by atoms with van der Waals surface area (Å²) in [5, 5.41) is 0. The van der Waals surface area contributed by atoms with Gasteiger partial charge >= 0.3 is 0 Å². The minimum atomic E-state index is 0.412. The summed E-state index contributed by atoms with van der Waals surface area (Å²) in [6.45, 7) is 7.02. The highest BCUT2D eigenvalue weighted by molar-refractivity contribution is 4.83. The average Bonchev–Trinajstić information content (AvgIpc) is 2.26. The van der Waals surface area contributed by atoms with Crippen LogP contribution in [0.3, 0.4) is 0 Å². The van der Waals surface area contributed by atoms with Gasteiger partial charge < -0.3 is 10.5 Å². The van der Waals surface area contributed by atoms with Crippen LogP contribution in [0.2, 0.25) is 0 Å². The second-order valence-corrected chi connectivity index (χ2v) is 5.48. The summed E-state index contributed by atoms with van der Waals surface area (Å²) in [6.07, 6.45) is 7.91. The Morgan fingerprint density at radius 3 is 2.40 bits per heavy atom. The van der Waals surface area contributed by atoms with Crippen molar-refractivity contribution in [2.24, 2.45) is 17.1 Å². The topological polar surface area (TPSA) is 35.2 Å². The average molecular weight is 213 g/mol. The minimum Gasteiger partial charge on any atom is -0.381 e. The van der Waals surface area contributed by atoms with Crippen molar-refractivity contribution in [2.45, 2.75) is 52.4 Å². The Labute approximate surface area is 94.6 Å². The van der Waals surface area contributed by atoms with E-state index < -0.39 is 0 Å². The molecule has 1 saturated carbocycles. The molecule has 0 aliphatic heterocycles.